The molecule has 17 heavy (non-hydrogen) atoms. The molecule has 0 spiro atoms. The van der Waals surface area contributed by atoms with Gasteiger partial charge in [0.2, 0.25) is 0 Å². The van der Waals surface area contributed by atoms with Crippen LogP contribution in [0.2, 0.25) is 0 Å². The summed E-state index contributed by atoms with van der Waals surface area (Å²) in [6.07, 6.45) is 2.75. The highest BCUT2D eigenvalue weighted by Crippen LogP contribution is 2.18. The summed E-state index contributed by atoms with van der Waals surface area (Å²) in [5, 5.41) is 4.01. The van der Waals surface area contributed by atoms with Crippen LogP contribution in [0.25, 0.3) is 0 Å². The SMILES string of the molecule is CCC(CC)(CN)NS(=O)(=O)c1ccnn1C. The molecule has 0 amide bonds. The fourth-order valence-corrected chi connectivity index (χ4v) is 3.37. The zero-order valence-electron chi connectivity index (χ0n) is 10.5. The van der Waals surface area contributed by atoms with Crippen molar-refractivity contribution in [1.82, 2.24) is 14.5 Å². The Morgan fingerprint density at radius 2 is 2.06 bits per heavy atom. The van der Waals surface area contributed by atoms with E-state index in [-0.39, 0.29) is 11.6 Å². The molecule has 0 aliphatic carbocycles. The van der Waals surface area contributed by atoms with Crippen LogP contribution in [0.5, 0.6) is 0 Å². The first-order valence-corrected chi connectivity index (χ1v) is 7.11. The van der Waals surface area contributed by atoms with Gasteiger partial charge in [-0.3, -0.25) is 4.68 Å². The highest BCUT2D eigenvalue weighted by molar-refractivity contribution is 7.89. The van der Waals surface area contributed by atoms with Crippen molar-refractivity contribution in [3.05, 3.63) is 12.3 Å². The molecular weight excluding hydrogens is 240 g/mol. The summed E-state index contributed by atoms with van der Waals surface area (Å²) >= 11 is 0. The molecular formula is C10H20N4O2S. The minimum atomic E-state index is -3.57. The molecule has 0 aromatic carbocycles. The summed E-state index contributed by atoms with van der Waals surface area (Å²) in [7, 11) is -1.98. The molecule has 0 bridgehead atoms. The summed E-state index contributed by atoms with van der Waals surface area (Å²) < 4.78 is 28.4. The molecule has 0 saturated heterocycles. The second kappa shape index (κ2) is 5.16. The van der Waals surface area contributed by atoms with Gasteiger partial charge in [-0.1, -0.05) is 13.8 Å². The Morgan fingerprint density at radius 1 is 1.47 bits per heavy atom. The van der Waals surface area contributed by atoms with E-state index in [2.05, 4.69) is 9.82 Å². The second-order valence-electron chi connectivity index (χ2n) is 4.09. The zero-order chi connectivity index (χ0) is 13.1. The van der Waals surface area contributed by atoms with Crippen molar-refractivity contribution in [2.75, 3.05) is 6.54 Å². The normalized spacial score (nSPS) is 12.9. The fourth-order valence-electron chi connectivity index (χ4n) is 1.69. The molecule has 0 radical (unpaired) electrons. The van der Waals surface area contributed by atoms with Gasteiger partial charge in [-0.25, -0.2) is 13.1 Å². The fraction of sp³-hybridized carbons (Fsp3) is 0.700. The Hall–Kier alpha value is -0.920. The second-order valence-corrected chi connectivity index (χ2v) is 5.72. The van der Waals surface area contributed by atoms with Gasteiger partial charge in [0.05, 0.1) is 6.20 Å². The minimum absolute atomic E-state index is 0.150. The first kappa shape index (κ1) is 14.1. The third-order valence-corrected chi connectivity index (χ3v) is 4.80. The van der Waals surface area contributed by atoms with Crippen LogP contribution in [0.15, 0.2) is 17.3 Å². The number of nitrogens with zero attached hydrogens (tertiary/aromatic N) is 2. The molecule has 98 valence electrons. The van der Waals surface area contributed by atoms with Gasteiger partial charge in [0.1, 0.15) is 0 Å². The number of sulfonamides is 1. The molecule has 6 nitrogen and oxygen atoms in total. The lowest BCUT2D eigenvalue weighted by molar-refractivity contribution is 0.362. The van der Waals surface area contributed by atoms with Crippen molar-refractivity contribution < 1.29 is 8.42 Å². The highest BCUT2D eigenvalue weighted by Gasteiger charge is 2.31. The lowest BCUT2D eigenvalue weighted by atomic mass is 9.95. The zero-order valence-corrected chi connectivity index (χ0v) is 11.3. The molecule has 1 aromatic rings. The van der Waals surface area contributed by atoms with Gasteiger partial charge in [-0.05, 0) is 18.9 Å². The van der Waals surface area contributed by atoms with Gasteiger partial charge in [-0.15, -0.1) is 0 Å². The van der Waals surface area contributed by atoms with Crippen LogP contribution in [-0.4, -0.2) is 30.3 Å². The van der Waals surface area contributed by atoms with Crippen molar-refractivity contribution in [1.29, 1.82) is 0 Å². The van der Waals surface area contributed by atoms with Crippen molar-refractivity contribution >= 4 is 10.0 Å². The highest BCUT2D eigenvalue weighted by atomic mass is 32.2. The van der Waals surface area contributed by atoms with E-state index >= 15 is 0 Å². The van der Waals surface area contributed by atoms with Crippen LogP contribution in [-0.2, 0) is 17.1 Å². The minimum Gasteiger partial charge on any atom is -0.329 e. The van der Waals surface area contributed by atoms with Crippen LogP contribution in [0.4, 0.5) is 0 Å². The van der Waals surface area contributed by atoms with Gasteiger partial charge in [0.25, 0.3) is 10.0 Å². The molecule has 1 aromatic heterocycles. The smallest absolute Gasteiger partial charge is 0.258 e. The number of aromatic nitrogens is 2. The first-order chi connectivity index (χ1) is 7.90. The molecule has 1 heterocycles. The number of hydrogen-bond donors (Lipinski definition) is 2. The van der Waals surface area contributed by atoms with E-state index in [0.29, 0.717) is 12.8 Å². The van der Waals surface area contributed by atoms with Crippen molar-refractivity contribution in [3.8, 4) is 0 Å². The molecule has 3 N–H and O–H groups in total. The Morgan fingerprint density at radius 3 is 2.41 bits per heavy atom. The number of hydrogen-bond acceptors (Lipinski definition) is 4. The topological polar surface area (TPSA) is 90.0 Å². The molecule has 7 heteroatoms. The van der Waals surface area contributed by atoms with E-state index in [1.165, 1.54) is 16.9 Å². The summed E-state index contributed by atoms with van der Waals surface area (Å²) in [6, 6.07) is 1.47. The van der Waals surface area contributed by atoms with E-state index in [0.717, 1.165) is 0 Å². The van der Waals surface area contributed by atoms with Gasteiger partial charge in [0.15, 0.2) is 5.03 Å². The number of nitrogens with one attached hydrogen (secondary N) is 1. The standard InChI is InChI=1S/C10H20N4O2S/c1-4-10(5-2,8-11)13-17(15,16)9-6-7-12-14(9)3/h6-7,13H,4-5,8,11H2,1-3H3. The van der Waals surface area contributed by atoms with Crippen LogP contribution in [0.1, 0.15) is 26.7 Å². The predicted molar refractivity (Wildman–Crippen MR) is 65.9 cm³/mol. The Bertz CT molecular complexity index is 454. The molecule has 1 rings (SSSR count). The lowest BCUT2D eigenvalue weighted by Gasteiger charge is -2.30. The first-order valence-electron chi connectivity index (χ1n) is 5.63. The maximum absolute atomic E-state index is 12.2. The van der Waals surface area contributed by atoms with Crippen LogP contribution < -0.4 is 10.5 Å². The largest absolute Gasteiger partial charge is 0.329 e. The van der Waals surface area contributed by atoms with E-state index < -0.39 is 15.6 Å². The quantitative estimate of drug-likeness (QED) is 0.765. The predicted octanol–water partition coefficient (Wildman–Crippen LogP) is 0.216. The van der Waals surface area contributed by atoms with Crippen molar-refractivity contribution in [2.45, 2.75) is 37.3 Å². The van der Waals surface area contributed by atoms with E-state index in [1.807, 2.05) is 13.8 Å². The molecule has 0 atom stereocenters. The number of nitrogens with two attached hydrogens (primary N) is 1. The van der Waals surface area contributed by atoms with Crippen molar-refractivity contribution in [3.63, 3.8) is 0 Å². The maximum Gasteiger partial charge on any atom is 0.258 e. The van der Waals surface area contributed by atoms with Gasteiger partial charge in [0, 0.05) is 19.1 Å². The summed E-state index contributed by atoms with van der Waals surface area (Å²) in [6.45, 7) is 4.11. The van der Waals surface area contributed by atoms with Gasteiger partial charge < -0.3 is 5.73 Å². The van der Waals surface area contributed by atoms with E-state index in [9.17, 15) is 8.42 Å². The number of rotatable bonds is 6. The third-order valence-electron chi connectivity index (χ3n) is 3.15. The van der Waals surface area contributed by atoms with Crippen LogP contribution >= 0.6 is 0 Å². The average molecular weight is 260 g/mol. The monoisotopic (exact) mass is 260 g/mol. The average Bonchev–Trinajstić information content (AvgIpc) is 2.73. The van der Waals surface area contributed by atoms with Crippen LogP contribution in [0.3, 0.4) is 0 Å². The third kappa shape index (κ3) is 2.85. The van der Waals surface area contributed by atoms with E-state index in [4.69, 9.17) is 5.73 Å². The summed E-state index contributed by atoms with van der Waals surface area (Å²) in [5.74, 6) is 0. The molecule has 0 unspecified atom stereocenters. The van der Waals surface area contributed by atoms with Crippen molar-refractivity contribution in [2.24, 2.45) is 12.8 Å². The maximum atomic E-state index is 12.2. The number of aryl methyl sites for hydroxylation is 1. The summed E-state index contributed by atoms with van der Waals surface area (Å²) in [4.78, 5) is 0. The van der Waals surface area contributed by atoms with Gasteiger partial charge >= 0.3 is 0 Å². The molecule has 0 fully saturated rings. The Labute approximate surface area is 102 Å². The molecule has 0 saturated carbocycles. The molecule has 0 aliphatic rings. The Kier molecular flexibility index (Phi) is 4.29. The summed E-state index contributed by atoms with van der Waals surface area (Å²) in [5.41, 5.74) is 5.10. The molecule has 0 aliphatic heterocycles. The van der Waals surface area contributed by atoms with E-state index in [1.54, 1.807) is 7.05 Å². The van der Waals surface area contributed by atoms with Crippen LogP contribution in [0, 0.1) is 0 Å². The van der Waals surface area contributed by atoms with Gasteiger partial charge in [-0.2, -0.15) is 5.10 Å². The lowest BCUT2D eigenvalue weighted by Crippen LogP contribution is -2.52. The Balaban J connectivity index is 3.05.